The molecule has 0 spiro atoms. The van der Waals surface area contributed by atoms with E-state index in [0.717, 1.165) is 0 Å². The molecule has 4 heteroatoms. The zero-order valence-corrected chi connectivity index (χ0v) is 11.4. The molecule has 0 radical (unpaired) electrons. The van der Waals surface area contributed by atoms with Crippen molar-refractivity contribution in [3.63, 3.8) is 0 Å². The largest absolute Gasteiger partial charge is 0.379 e. The Morgan fingerprint density at radius 3 is 2.40 bits per heavy atom. The molecule has 102 valence electrons. The van der Waals surface area contributed by atoms with Crippen LogP contribution in [0.3, 0.4) is 0 Å². The van der Waals surface area contributed by atoms with Crippen molar-refractivity contribution < 1.29 is 9.47 Å². The van der Waals surface area contributed by atoms with Crippen molar-refractivity contribution in [2.45, 2.75) is 5.41 Å². The average molecular weight is 268 g/mol. The van der Waals surface area contributed by atoms with Crippen LogP contribution in [0.25, 0.3) is 10.9 Å². The maximum atomic E-state index is 9.68. The molecule has 1 aromatic heterocycles. The van der Waals surface area contributed by atoms with E-state index in [2.05, 4.69) is 42.1 Å². The van der Waals surface area contributed by atoms with Crippen LogP contribution in [0.4, 0.5) is 0 Å². The first-order chi connectivity index (χ1) is 9.72. The second kappa shape index (κ2) is 3.85. The van der Waals surface area contributed by atoms with Gasteiger partial charge in [-0.15, -0.1) is 0 Å². The number of fused-ring (bicyclic) bond motifs is 1. The highest BCUT2D eigenvalue weighted by Crippen LogP contribution is 2.53. The molecule has 0 aliphatic carbocycles. The van der Waals surface area contributed by atoms with Gasteiger partial charge in [0.1, 0.15) is 5.41 Å². The van der Waals surface area contributed by atoms with E-state index in [0.29, 0.717) is 26.4 Å². The van der Waals surface area contributed by atoms with E-state index in [1.807, 2.05) is 6.07 Å². The summed E-state index contributed by atoms with van der Waals surface area (Å²) in [6.07, 6.45) is 2.16. The van der Waals surface area contributed by atoms with Crippen molar-refractivity contribution in [3.05, 3.63) is 36.0 Å². The van der Waals surface area contributed by atoms with Crippen LogP contribution in [0, 0.1) is 16.7 Å². The van der Waals surface area contributed by atoms with Gasteiger partial charge in [0, 0.05) is 24.1 Å². The smallest absolute Gasteiger partial charge is 0.118 e. The summed E-state index contributed by atoms with van der Waals surface area (Å²) in [6, 6.07) is 10.9. The lowest BCUT2D eigenvalue weighted by molar-refractivity contribution is -0.200. The summed E-state index contributed by atoms with van der Waals surface area (Å²) in [5, 5.41) is 10.9. The lowest BCUT2D eigenvalue weighted by atomic mass is 9.58. The van der Waals surface area contributed by atoms with E-state index < -0.39 is 5.41 Å². The SMILES string of the molecule is Cn1cc(C2(C3(C#N)COC3)COC2)c2ccccc21. The van der Waals surface area contributed by atoms with Gasteiger partial charge in [-0.05, 0) is 11.6 Å². The summed E-state index contributed by atoms with van der Waals surface area (Å²) >= 11 is 0. The molecule has 4 nitrogen and oxygen atoms in total. The first-order valence-electron chi connectivity index (χ1n) is 6.84. The second-order valence-electron chi connectivity index (χ2n) is 5.93. The average Bonchev–Trinajstić information content (AvgIpc) is 2.70. The van der Waals surface area contributed by atoms with Crippen molar-refractivity contribution in [2.75, 3.05) is 26.4 Å². The topological polar surface area (TPSA) is 47.2 Å². The number of benzene rings is 1. The third-order valence-electron chi connectivity index (χ3n) is 4.94. The van der Waals surface area contributed by atoms with Crippen LogP contribution < -0.4 is 0 Å². The number of nitriles is 1. The Hall–Kier alpha value is -1.83. The van der Waals surface area contributed by atoms with Gasteiger partial charge in [-0.25, -0.2) is 0 Å². The third-order valence-corrected chi connectivity index (χ3v) is 4.94. The van der Waals surface area contributed by atoms with Gasteiger partial charge in [0.25, 0.3) is 0 Å². The minimum atomic E-state index is -0.435. The predicted octanol–water partition coefficient (Wildman–Crippen LogP) is 1.99. The summed E-state index contributed by atoms with van der Waals surface area (Å²) in [5.41, 5.74) is 1.77. The fourth-order valence-electron chi connectivity index (χ4n) is 3.47. The van der Waals surface area contributed by atoms with E-state index in [1.165, 1.54) is 16.5 Å². The predicted molar refractivity (Wildman–Crippen MR) is 74.3 cm³/mol. The molecular weight excluding hydrogens is 252 g/mol. The van der Waals surface area contributed by atoms with E-state index in [-0.39, 0.29) is 5.41 Å². The van der Waals surface area contributed by atoms with Gasteiger partial charge >= 0.3 is 0 Å². The van der Waals surface area contributed by atoms with Gasteiger partial charge in [0.15, 0.2) is 0 Å². The van der Waals surface area contributed by atoms with E-state index in [9.17, 15) is 5.26 Å². The molecule has 2 aliphatic rings. The number of nitrogens with zero attached hydrogens (tertiary/aromatic N) is 2. The van der Waals surface area contributed by atoms with Gasteiger partial charge in [-0.3, -0.25) is 0 Å². The molecule has 3 heterocycles. The standard InChI is InChI=1S/C16H16N2O2/c1-18-6-13(12-4-2-3-5-14(12)18)16(10-20-11-16)15(7-17)8-19-9-15/h2-6H,8-11H2,1H3. The van der Waals surface area contributed by atoms with Crippen LogP contribution in [0.1, 0.15) is 5.56 Å². The summed E-state index contributed by atoms with van der Waals surface area (Å²) in [4.78, 5) is 0. The Bertz CT molecular complexity index is 718. The molecule has 0 amide bonds. The Morgan fingerprint density at radius 1 is 1.15 bits per heavy atom. The second-order valence-corrected chi connectivity index (χ2v) is 5.93. The molecular formula is C16H16N2O2. The van der Waals surface area contributed by atoms with E-state index in [4.69, 9.17) is 9.47 Å². The number of aromatic nitrogens is 1. The number of rotatable bonds is 2. The Balaban J connectivity index is 1.95. The highest BCUT2D eigenvalue weighted by Gasteiger charge is 2.62. The molecule has 0 N–H and O–H groups in total. The quantitative estimate of drug-likeness (QED) is 0.836. The van der Waals surface area contributed by atoms with Crippen LogP contribution in [-0.2, 0) is 21.9 Å². The number of para-hydroxylation sites is 1. The third kappa shape index (κ3) is 1.22. The zero-order valence-electron chi connectivity index (χ0n) is 11.4. The molecule has 0 bridgehead atoms. The molecule has 1 aromatic carbocycles. The van der Waals surface area contributed by atoms with Crippen LogP contribution in [0.15, 0.2) is 30.5 Å². The summed E-state index contributed by atoms with van der Waals surface area (Å²) in [5.74, 6) is 0. The van der Waals surface area contributed by atoms with E-state index >= 15 is 0 Å². The molecule has 4 rings (SSSR count). The summed E-state index contributed by atoms with van der Waals surface area (Å²) in [6.45, 7) is 2.24. The summed E-state index contributed by atoms with van der Waals surface area (Å²) in [7, 11) is 2.05. The summed E-state index contributed by atoms with van der Waals surface area (Å²) < 4.78 is 13.0. The number of aryl methyl sites for hydroxylation is 1. The van der Waals surface area contributed by atoms with Gasteiger partial charge in [0.05, 0.1) is 37.9 Å². The fourth-order valence-corrected chi connectivity index (χ4v) is 3.47. The highest BCUT2D eigenvalue weighted by atomic mass is 16.5. The number of hydrogen-bond donors (Lipinski definition) is 0. The van der Waals surface area contributed by atoms with Gasteiger partial charge in [-0.1, -0.05) is 18.2 Å². The van der Waals surface area contributed by atoms with Crippen molar-refractivity contribution in [3.8, 4) is 6.07 Å². The molecule has 2 aliphatic heterocycles. The fraction of sp³-hybridized carbons (Fsp3) is 0.438. The first kappa shape index (κ1) is 12.0. The molecule has 20 heavy (non-hydrogen) atoms. The van der Waals surface area contributed by atoms with Crippen molar-refractivity contribution >= 4 is 10.9 Å². The monoisotopic (exact) mass is 268 g/mol. The zero-order chi connectivity index (χ0) is 13.8. The van der Waals surface area contributed by atoms with Gasteiger partial charge < -0.3 is 14.0 Å². The molecule has 2 fully saturated rings. The van der Waals surface area contributed by atoms with Crippen LogP contribution in [0.5, 0.6) is 0 Å². The van der Waals surface area contributed by atoms with Gasteiger partial charge in [0.2, 0.25) is 0 Å². The maximum Gasteiger partial charge on any atom is 0.118 e. The molecule has 0 atom stereocenters. The minimum absolute atomic E-state index is 0.221. The van der Waals surface area contributed by atoms with E-state index in [1.54, 1.807) is 0 Å². The normalized spacial score (nSPS) is 22.8. The highest BCUT2D eigenvalue weighted by molar-refractivity contribution is 5.85. The number of ether oxygens (including phenoxy) is 2. The Labute approximate surface area is 117 Å². The van der Waals surface area contributed by atoms with Crippen molar-refractivity contribution in [1.29, 1.82) is 5.26 Å². The Morgan fingerprint density at radius 2 is 1.85 bits per heavy atom. The lowest BCUT2D eigenvalue weighted by Crippen LogP contribution is -2.66. The maximum absolute atomic E-state index is 9.68. The lowest BCUT2D eigenvalue weighted by Gasteiger charge is -2.55. The van der Waals surface area contributed by atoms with Crippen molar-refractivity contribution in [2.24, 2.45) is 12.5 Å². The van der Waals surface area contributed by atoms with Crippen LogP contribution >= 0.6 is 0 Å². The molecule has 2 aromatic rings. The van der Waals surface area contributed by atoms with Crippen molar-refractivity contribution in [1.82, 2.24) is 4.57 Å². The number of hydrogen-bond acceptors (Lipinski definition) is 3. The molecule has 0 saturated carbocycles. The van der Waals surface area contributed by atoms with Gasteiger partial charge in [-0.2, -0.15) is 5.26 Å². The molecule has 0 unspecified atom stereocenters. The Kier molecular flexibility index (Phi) is 2.30. The minimum Gasteiger partial charge on any atom is -0.379 e. The van der Waals surface area contributed by atoms with Crippen LogP contribution in [0.2, 0.25) is 0 Å². The first-order valence-corrected chi connectivity index (χ1v) is 6.84. The molecule has 2 saturated heterocycles. The van der Waals surface area contributed by atoms with Crippen LogP contribution in [-0.4, -0.2) is 31.0 Å².